The van der Waals surface area contributed by atoms with Gasteiger partial charge in [-0.3, -0.25) is 0 Å². The number of piperidine rings is 1. The first kappa shape index (κ1) is 32.1. The Labute approximate surface area is 271 Å². The number of halogens is 2. The average molecular weight is 629 g/mol. The van der Waals surface area contributed by atoms with E-state index >= 15 is 4.39 Å². The van der Waals surface area contributed by atoms with E-state index in [1.54, 1.807) is 24.3 Å². The van der Waals surface area contributed by atoms with Crippen LogP contribution in [0, 0.1) is 54.6 Å². The maximum absolute atomic E-state index is 15.1. The van der Waals surface area contributed by atoms with Crippen molar-refractivity contribution in [1.29, 1.82) is 5.26 Å². The molecule has 3 aromatic rings. The normalized spacial score (nSPS) is 22.2. The molecular weight excluding hydrogens is 582 g/mol. The quantitative estimate of drug-likeness (QED) is 0.251. The summed E-state index contributed by atoms with van der Waals surface area (Å²) in [6.45, 7) is 13.4. The Bertz CT molecular complexity index is 1580. The van der Waals surface area contributed by atoms with Gasteiger partial charge in [-0.25, -0.2) is 13.8 Å². The van der Waals surface area contributed by atoms with Crippen LogP contribution in [0.25, 0.3) is 0 Å². The molecular formula is C37H46F2N6O. The summed E-state index contributed by atoms with van der Waals surface area (Å²) in [6, 6.07) is 14.0. The molecule has 3 heterocycles. The zero-order valence-electron chi connectivity index (χ0n) is 27.3. The second kappa shape index (κ2) is 13.4. The van der Waals surface area contributed by atoms with Crippen LogP contribution in [0.4, 0.5) is 14.5 Å². The van der Waals surface area contributed by atoms with Crippen LogP contribution in [0.3, 0.4) is 0 Å². The number of rotatable bonds is 11. The van der Waals surface area contributed by atoms with E-state index in [9.17, 15) is 4.39 Å². The van der Waals surface area contributed by atoms with Gasteiger partial charge < -0.3 is 24.4 Å². The van der Waals surface area contributed by atoms with Gasteiger partial charge >= 0.3 is 0 Å². The number of nitrogens with zero attached hydrogens (tertiary/aromatic N) is 5. The molecule has 3 aliphatic rings. The molecule has 3 atom stereocenters. The van der Waals surface area contributed by atoms with E-state index in [2.05, 4.69) is 45.4 Å². The topological polar surface area (TPSA) is 69.3 Å². The molecule has 0 bridgehead atoms. The van der Waals surface area contributed by atoms with Crippen LogP contribution in [0.5, 0.6) is 0 Å². The van der Waals surface area contributed by atoms with Crippen LogP contribution in [0.2, 0.25) is 0 Å². The van der Waals surface area contributed by atoms with Crippen LogP contribution >= 0.6 is 0 Å². The van der Waals surface area contributed by atoms with Crippen molar-refractivity contribution in [1.82, 2.24) is 19.8 Å². The molecule has 1 N–H and O–H groups in total. The van der Waals surface area contributed by atoms with Gasteiger partial charge in [0.1, 0.15) is 23.6 Å². The Morgan fingerprint density at radius 2 is 1.89 bits per heavy atom. The van der Waals surface area contributed by atoms with Crippen LogP contribution in [0.1, 0.15) is 54.7 Å². The van der Waals surface area contributed by atoms with E-state index in [0.717, 1.165) is 88.5 Å². The lowest BCUT2D eigenvalue weighted by molar-refractivity contribution is -0.00712. The molecule has 9 heteroatoms. The molecule has 3 unspecified atom stereocenters. The van der Waals surface area contributed by atoms with Crippen LogP contribution in [-0.4, -0.2) is 60.3 Å². The second-order valence-electron chi connectivity index (χ2n) is 13.6. The molecule has 0 amide bonds. The molecule has 2 saturated heterocycles. The first-order valence-electron chi connectivity index (χ1n) is 16.7. The highest BCUT2D eigenvalue weighted by Gasteiger charge is 2.53. The number of benzene rings is 2. The number of aromatic nitrogens is 2. The van der Waals surface area contributed by atoms with Crippen molar-refractivity contribution in [2.45, 2.75) is 64.0 Å². The number of ether oxygens (including phenoxy) is 1. The largest absolute Gasteiger partial charge is 0.476 e. The fourth-order valence-electron chi connectivity index (χ4n) is 8.59. The van der Waals surface area contributed by atoms with Crippen molar-refractivity contribution in [3.8, 4) is 6.07 Å². The Balaban J connectivity index is 1.24. The van der Waals surface area contributed by atoms with Crippen LogP contribution in [0.15, 0.2) is 61.1 Å². The van der Waals surface area contributed by atoms with Gasteiger partial charge in [-0.15, -0.1) is 0 Å². The third-order valence-corrected chi connectivity index (χ3v) is 10.8. The standard InChI is InChI=1S/C37H46F2N6O/c1-25-20-45(26(2)42-25)24-37(31-7-5-8-32(38)18-31,33-9-6-10-36(33)46-27(3)41-4)30-13-15-43(16-14-30)21-29-22-44(23-29)35-12-11-28(19-40)17-34(35)39/h5,7-8,11-12,17-18,20,29-30,33,36,41H,3,6,9-10,13-16,21-24H2,1-2,4H3. The van der Waals surface area contributed by atoms with Crippen molar-refractivity contribution >= 4 is 5.69 Å². The molecule has 1 aromatic heterocycles. The number of anilines is 1. The third kappa shape index (κ3) is 6.37. The number of nitriles is 1. The predicted molar refractivity (Wildman–Crippen MR) is 176 cm³/mol. The average Bonchev–Trinajstić information content (AvgIpc) is 3.62. The van der Waals surface area contributed by atoms with Crippen molar-refractivity contribution in [2.24, 2.45) is 17.8 Å². The zero-order chi connectivity index (χ0) is 32.4. The molecule has 7 nitrogen and oxygen atoms in total. The summed E-state index contributed by atoms with van der Waals surface area (Å²) in [5, 5.41) is 12.1. The molecule has 1 saturated carbocycles. The van der Waals surface area contributed by atoms with Crippen molar-refractivity contribution in [3.63, 3.8) is 0 Å². The molecule has 2 aromatic carbocycles. The van der Waals surface area contributed by atoms with E-state index in [-0.39, 0.29) is 29.1 Å². The first-order chi connectivity index (χ1) is 22.2. The fourth-order valence-corrected chi connectivity index (χ4v) is 8.59. The number of hydrogen-bond donors (Lipinski definition) is 1. The third-order valence-electron chi connectivity index (χ3n) is 10.8. The van der Waals surface area contributed by atoms with E-state index in [0.29, 0.717) is 29.0 Å². The van der Waals surface area contributed by atoms with Gasteiger partial charge in [0.2, 0.25) is 0 Å². The summed E-state index contributed by atoms with van der Waals surface area (Å²) in [6.07, 6.45) is 7.13. The van der Waals surface area contributed by atoms with Gasteiger partial charge in [0.05, 0.1) is 23.0 Å². The number of nitrogens with one attached hydrogen (secondary N) is 1. The van der Waals surface area contributed by atoms with Gasteiger partial charge in [-0.1, -0.05) is 12.1 Å². The minimum absolute atomic E-state index is 0.0187. The Morgan fingerprint density at radius 3 is 2.54 bits per heavy atom. The highest BCUT2D eigenvalue weighted by atomic mass is 19.1. The van der Waals surface area contributed by atoms with Gasteiger partial charge in [0.15, 0.2) is 5.88 Å². The summed E-state index contributed by atoms with van der Waals surface area (Å²) in [4.78, 5) is 9.37. The van der Waals surface area contributed by atoms with E-state index in [1.165, 1.54) is 6.07 Å². The lowest BCUT2D eigenvalue weighted by Crippen LogP contribution is -2.55. The Morgan fingerprint density at radius 1 is 1.11 bits per heavy atom. The van der Waals surface area contributed by atoms with Crippen molar-refractivity contribution in [2.75, 3.05) is 44.7 Å². The molecule has 6 rings (SSSR count). The smallest absolute Gasteiger partial charge is 0.179 e. The molecule has 3 fully saturated rings. The Kier molecular flexibility index (Phi) is 9.37. The number of likely N-dealkylation sites (tertiary alicyclic amines) is 1. The number of imidazole rings is 1. The summed E-state index contributed by atoms with van der Waals surface area (Å²) < 4.78 is 38.4. The Hall–Kier alpha value is -3.90. The lowest BCUT2D eigenvalue weighted by atomic mass is 9.58. The fraction of sp³-hybridized carbons (Fsp3) is 0.514. The highest BCUT2D eigenvalue weighted by Crippen LogP contribution is 2.52. The molecule has 2 aliphatic heterocycles. The van der Waals surface area contributed by atoms with Crippen LogP contribution in [-0.2, 0) is 16.7 Å². The summed E-state index contributed by atoms with van der Waals surface area (Å²) >= 11 is 0. The van der Waals surface area contributed by atoms with Gasteiger partial charge in [0.25, 0.3) is 0 Å². The van der Waals surface area contributed by atoms with E-state index in [4.69, 9.17) is 15.0 Å². The molecule has 1 aliphatic carbocycles. The molecule has 0 radical (unpaired) electrons. The first-order valence-corrected chi connectivity index (χ1v) is 16.7. The monoisotopic (exact) mass is 628 g/mol. The van der Waals surface area contributed by atoms with Gasteiger partial charge in [-0.2, -0.15) is 5.26 Å². The molecule has 244 valence electrons. The SMILES string of the molecule is C=C(NC)OC1CCCC1C(Cn1cc(C)nc1C)(c1cccc(F)c1)C1CCN(CC2CN(c3ccc(C#N)cc3F)C2)CC1. The highest BCUT2D eigenvalue weighted by molar-refractivity contribution is 5.53. The second-order valence-corrected chi connectivity index (χ2v) is 13.6. The summed E-state index contributed by atoms with van der Waals surface area (Å²) in [7, 11) is 1.83. The van der Waals surface area contributed by atoms with Gasteiger partial charge in [0, 0.05) is 56.7 Å². The minimum atomic E-state index is -0.359. The zero-order valence-corrected chi connectivity index (χ0v) is 27.3. The minimum Gasteiger partial charge on any atom is -0.476 e. The summed E-state index contributed by atoms with van der Waals surface area (Å²) in [5.74, 6) is 1.97. The number of aryl methyl sites for hydroxylation is 2. The van der Waals surface area contributed by atoms with Crippen molar-refractivity contribution in [3.05, 3.63) is 95.4 Å². The predicted octanol–water partition coefficient (Wildman–Crippen LogP) is 6.31. The van der Waals surface area contributed by atoms with Gasteiger partial charge in [-0.05, 0) is 107 Å². The lowest BCUT2D eigenvalue weighted by Gasteiger charge is -2.51. The maximum Gasteiger partial charge on any atom is 0.179 e. The maximum atomic E-state index is 15.1. The van der Waals surface area contributed by atoms with Crippen molar-refractivity contribution < 1.29 is 13.5 Å². The molecule has 0 spiro atoms. The molecule has 46 heavy (non-hydrogen) atoms. The number of hydrogen-bond acceptors (Lipinski definition) is 6. The van der Waals surface area contributed by atoms with E-state index in [1.807, 2.05) is 26.1 Å². The van der Waals surface area contributed by atoms with Crippen LogP contribution < -0.4 is 10.2 Å². The summed E-state index contributed by atoms with van der Waals surface area (Å²) in [5.41, 5.74) is 2.59. The van der Waals surface area contributed by atoms with E-state index < -0.39 is 0 Å².